The summed E-state index contributed by atoms with van der Waals surface area (Å²) in [6, 6.07) is 12.8. The highest BCUT2D eigenvalue weighted by Gasteiger charge is 2.16. The van der Waals surface area contributed by atoms with Crippen LogP contribution in [0.1, 0.15) is 43.4 Å². The Kier molecular flexibility index (Phi) is 9.93. The van der Waals surface area contributed by atoms with Crippen molar-refractivity contribution in [1.82, 2.24) is 25.2 Å². The Morgan fingerprint density at radius 3 is 2.68 bits per heavy atom. The van der Waals surface area contributed by atoms with Crippen LogP contribution in [0, 0.1) is 11.2 Å². The molecule has 0 aliphatic heterocycles. The zero-order valence-corrected chi connectivity index (χ0v) is 23.8. The van der Waals surface area contributed by atoms with Crippen LogP contribution in [0.3, 0.4) is 0 Å². The van der Waals surface area contributed by atoms with Gasteiger partial charge in [0.2, 0.25) is 0 Å². The van der Waals surface area contributed by atoms with Gasteiger partial charge in [0.25, 0.3) is 0 Å². The number of H-pyrrole nitrogens is 1. The zero-order chi connectivity index (χ0) is 29.5. The topological polar surface area (TPSA) is 151 Å². The van der Waals surface area contributed by atoms with E-state index in [0.717, 1.165) is 36.8 Å². The molecule has 0 fully saturated rings. The quantitative estimate of drug-likeness (QED) is 0.0593. The average Bonchev–Trinajstić information content (AvgIpc) is 3.34. The van der Waals surface area contributed by atoms with Crippen molar-refractivity contribution in [2.45, 2.75) is 44.7 Å². The van der Waals surface area contributed by atoms with E-state index in [1.54, 1.807) is 24.4 Å². The second-order valence-electron chi connectivity index (χ2n) is 10.1. The van der Waals surface area contributed by atoms with Crippen molar-refractivity contribution in [2.75, 3.05) is 13.1 Å². The largest absolute Gasteiger partial charge is 0.370 e. The molecule has 4 rings (SSSR count). The highest BCUT2D eigenvalue weighted by Crippen LogP contribution is 2.31. The fourth-order valence-corrected chi connectivity index (χ4v) is 4.93. The second-order valence-corrected chi connectivity index (χ2v) is 10.5. The molecule has 0 bridgehead atoms. The molecule has 11 heteroatoms. The molecule has 2 atom stereocenters. The van der Waals surface area contributed by atoms with Gasteiger partial charge in [0.1, 0.15) is 5.65 Å². The SMILES string of the molecule is C=C[C@@H](NCCCNC(=N)N)c1ccc(-n2cc3cc(-c4cc(CCC[C@H](C)N)cc(Cl)c4F)[nH]c3nc2=O)cc1. The number of benzene rings is 2. The number of halogens is 2. The second kappa shape index (κ2) is 13.6. The average molecular weight is 579 g/mol. The number of aromatic nitrogens is 3. The molecule has 2 heterocycles. The number of hydrogen-bond donors (Lipinski definition) is 6. The summed E-state index contributed by atoms with van der Waals surface area (Å²) in [6.07, 6.45) is 6.75. The van der Waals surface area contributed by atoms with Crippen molar-refractivity contribution in [3.05, 3.63) is 93.8 Å². The molecule has 9 nitrogen and oxygen atoms in total. The number of guanidine groups is 1. The molecule has 2 aromatic heterocycles. The van der Waals surface area contributed by atoms with E-state index in [-0.39, 0.29) is 23.1 Å². The predicted octanol–water partition coefficient (Wildman–Crippen LogP) is 4.53. The summed E-state index contributed by atoms with van der Waals surface area (Å²) in [4.78, 5) is 20.2. The highest BCUT2D eigenvalue weighted by atomic mass is 35.5. The minimum Gasteiger partial charge on any atom is -0.370 e. The normalized spacial score (nSPS) is 12.8. The van der Waals surface area contributed by atoms with E-state index < -0.39 is 11.5 Å². The Balaban J connectivity index is 1.54. The van der Waals surface area contributed by atoms with Crippen LogP contribution in [-0.2, 0) is 6.42 Å². The zero-order valence-electron chi connectivity index (χ0n) is 23.0. The number of aromatic amines is 1. The van der Waals surface area contributed by atoms with E-state index in [4.69, 9.17) is 28.5 Å². The van der Waals surface area contributed by atoms with Crippen molar-refractivity contribution in [2.24, 2.45) is 11.5 Å². The molecule has 0 saturated heterocycles. The van der Waals surface area contributed by atoms with Crippen LogP contribution in [0.4, 0.5) is 4.39 Å². The Morgan fingerprint density at radius 1 is 1.24 bits per heavy atom. The first kappa shape index (κ1) is 30.0. The molecular formula is C30H36ClFN8O. The lowest BCUT2D eigenvalue weighted by Gasteiger charge is -2.16. The van der Waals surface area contributed by atoms with Gasteiger partial charge in [0, 0.05) is 29.7 Å². The van der Waals surface area contributed by atoms with Gasteiger partial charge in [-0.1, -0.05) is 29.8 Å². The van der Waals surface area contributed by atoms with Crippen molar-refractivity contribution in [3.8, 4) is 16.9 Å². The smallest absolute Gasteiger partial charge is 0.354 e. The van der Waals surface area contributed by atoms with Crippen molar-refractivity contribution in [1.29, 1.82) is 5.41 Å². The van der Waals surface area contributed by atoms with Crippen LogP contribution in [-0.4, -0.2) is 39.6 Å². The highest BCUT2D eigenvalue weighted by molar-refractivity contribution is 6.31. The molecule has 8 N–H and O–H groups in total. The van der Waals surface area contributed by atoms with E-state index in [2.05, 4.69) is 27.2 Å². The molecular weight excluding hydrogens is 543 g/mol. The standard InChI is InChI=1S/C30H36ClFN8O/c1-3-25(36-12-5-13-37-29(34)35)20-8-10-22(11-9-20)40-17-21-16-26(38-28(21)39-30(40)41)23-14-19(7-4-6-18(2)33)15-24(31)27(23)32/h3,8-11,14-18,25,36H,1,4-7,12-13,33H2,2H3,(H4,34,35,37)(H,38,39,41)/t18-,25+/m0/s1. The molecule has 0 saturated carbocycles. The summed E-state index contributed by atoms with van der Waals surface area (Å²) in [5, 5.41) is 14.1. The van der Waals surface area contributed by atoms with Crippen LogP contribution >= 0.6 is 11.6 Å². The number of nitrogens with zero attached hydrogens (tertiary/aromatic N) is 2. The fraction of sp³-hybridized carbons (Fsp3) is 0.300. The molecule has 0 radical (unpaired) electrons. The van der Waals surface area contributed by atoms with Gasteiger partial charge in [-0.05, 0) is 80.6 Å². The number of fused-ring (bicyclic) bond motifs is 1. The van der Waals surface area contributed by atoms with Crippen LogP contribution in [0.15, 0.2) is 66.1 Å². The van der Waals surface area contributed by atoms with Gasteiger partial charge >= 0.3 is 5.69 Å². The molecule has 216 valence electrons. The number of nitrogens with one attached hydrogen (secondary N) is 4. The number of aryl methyl sites for hydroxylation is 1. The Labute approximate surface area is 243 Å². The van der Waals surface area contributed by atoms with Crippen molar-refractivity contribution < 1.29 is 4.39 Å². The first-order valence-electron chi connectivity index (χ1n) is 13.6. The molecule has 0 unspecified atom stereocenters. The van der Waals surface area contributed by atoms with E-state index in [1.165, 1.54) is 4.57 Å². The van der Waals surface area contributed by atoms with E-state index in [9.17, 15) is 4.79 Å². The van der Waals surface area contributed by atoms with Crippen molar-refractivity contribution >= 4 is 28.6 Å². The van der Waals surface area contributed by atoms with Crippen LogP contribution in [0.25, 0.3) is 28.0 Å². The van der Waals surface area contributed by atoms with Gasteiger partial charge in [0.05, 0.1) is 22.4 Å². The van der Waals surface area contributed by atoms with E-state index in [1.807, 2.05) is 37.3 Å². The first-order valence-corrected chi connectivity index (χ1v) is 13.9. The Hall–Kier alpha value is -3.99. The maximum absolute atomic E-state index is 15.1. The monoisotopic (exact) mass is 578 g/mol. The van der Waals surface area contributed by atoms with Gasteiger partial charge in [0.15, 0.2) is 11.8 Å². The molecule has 0 amide bonds. The van der Waals surface area contributed by atoms with Crippen LogP contribution in [0.5, 0.6) is 0 Å². The van der Waals surface area contributed by atoms with Gasteiger partial charge in [-0.3, -0.25) is 9.98 Å². The summed E-state index contributed by atoms with van der Waals surface area (Å²) in [6.45, 7) is 7.18. The maximum atomic E-state index is 15.1. The third-order valence-electron chi connectivity index (χ3n) is 6.81. The van der Waals surface area contributed by atoms with Crippen molar-refractivity contribution in [3.63, 3.8) is 0 Å². The molecule has 41 heavy (non-hydrogen) atoms. The fourth-order valence-electron chi connectivity index (χ4n) is 4.69. The Morgan fingerprint density at radius 2 is 2.00 bits per heavy atom. The minimum absolute atomic E-state index is 0.0459. The summed E-state index contributed by atoms with van der Waals surface area (Å²) in [5.41, 5.74) is 14.4. The lowest BCUT2D eigenvalue weighted by Crippen LogP contribution is -2.32. The molecule has 0 aliphatic carbocycles. The summed E-state index contributed by atoms with van der Waals surface area (Å²) in [7, 11) is 0. The lowest BCUT2D eigenvalue weighted by molar-refractivity contribution is 0.591. The Bertz CT molecular complexity index is 1580. The van der Waals surface area contributed by atoms with Gasteiger partial charge < -0.3 is 27.1 Å². The number of rotatable bonds is 13. The summed E-state index contributed by atoms with van der Waals surface area (Å²) < 4.78 is 16.5. The van der Waals surface area contributed by atoms with Gasteiger partial charge in [-0.2, -0.15) is 4.98 Å². The maximum Gasteiger partial charge on any atom is 0.354 e. The molecule has 4 aromatic rings. The molecule has 0 aliphatic rings. The number of nitrogens with two attached hydrogens (primary N) is 2. The summed E-state index contributed by atoms with van der Waals surface area (Å²) >= 11 is 6.23. The van der Waals surface area contributed by atoms with E-state index in [0.29, 0.717) is 41.1 Å². The minimum atomic E-state index is -0.527. The summed E-state index contributed by atoms with van der Waals surface area (Å²) in [5.74, 6) is -0.574. The third kappa shape index (κ3) is 7.60. The molecule has 2 aromatic carbocycles. The first-order chi connectivity index (χ1) is 19.7. The van der Waals surface area contributed by atoms with E-state index >= 15 is 4.39 Å². The van der Waals surface area contributed by atoms with Gasteiger partial charge in [-0.25, -0.2) is 9.18 Å². The van der Waals surface area contributed by atoms with Crippen LogP contribution in [0.2, 0.25) is 5.02 Å². The molecule has 0 spiro atoms. The van der Waals surface area contributed by atoms with Gasteiger partial charge in [-0.15, -0.1) is 6.58 Å². The predicted molar refractivity (Wildman–Crippen MR) is 164 cm³/mol. The number of hydrogen-bond acceptors (Lipinski definition) is 5. The lowest BCUT2D eigenvalue weighted by atomic mass is 10.0. The van der Waals surface area contributed by atoms with Crippen LogP contribution < -0.4 is 27.8 Å². The third-order valence-corrected chi connectivity index (χ3v) is 7.09.